The second-order valence-corrected chi connectivity index (χ2v) is 7.92. The van der Waals surface area contributed by atoms with E-state index in [4.69, 9.17) is 22.1 Å². The zero-order chi connectivity index (χ0) is 24.5. The molecule has 0 bridgehead atoms. The minimum Gasteiger partial charge on any atom is -0.507 e. The molecule has 0 saturated heterocycles. The summed E-state index contributed by atoms with van der Waals surface area (Å²) in [6, 6.07) is 3.85. The number of hydrogen-bond acceptors (Lipinski definition) is 7. The third kappa shape index (κ3) is 6.61. The molecular weight excluding hydrogens is 452 g/mol. The largest absolute Gasteiger partial charge is 0.507 e. The fourth-order valence-electron chi connectivity index (χ4n) is 3.22. The standard InChI is InChI=1S/C22H29ClN4O6/c1-3-5-7-11-26(18-19(24)27(10-6-4-2)22(32)25-20(18)30)17(29)13-33-21(31)15-9-8-14(23)12-16(15)28/h8-9,12,28H,3-7,10-11,13,24H2,1-2H3,(H,25,30,32). The summed E-state index contributed by atoms with van der Waals surface area (Å²) in [5.41, 5.74) is 4.39. The molecule has 0 unspecified atom stereocenters. The average Bonchev–Trinajstić information content (AvgIpc) is 2.76. The van der Waals surface area contributed by atoms with Crippen LogP contribution in [0.5, 0.6) is 5.75 Å². The Labute approximate surface area is 195 Å². The Hall–Kier alpha value is -3.27. The molecule has 33 heavy (non-hydrogen) atoms. The van der Waals surface area contributed by atoms with Crippen molar-refractivity contribution in [1.82, 2.24) is 9.55 Å². The fourth-order valence-corrected chi connectivity index (χ4v) is 3.38. The van der Waals surface area contributed by atoms with Crippen LogP contribution in [0.15, 0.2) is 27.8 Å². The number of anilines is 2. The molecule has 0 aliphatic heterocycles. The molecule has 0 aliphatic rings. The maximum Gasteiger partial charge on any atom is 0.342 e. The number of phenolic OH excluding ortho intramolecular Hbond substituents is 1. The first-order valence-corrected chi connectivity index (χ1v) is 11.2. The van der Waals surface area contributed by atoms with Crippen LogP contribution >= 0.6 is 11.6 Å². The van der Waals surface area contributed by atoms with E-state index in [-0.39, 0.29) is 40.9 Å². The molecule has 1 amide bonds. The highest BCUT2D eigenvalue weighted by Crippen LogP contribution is 2.23. The molecule has 0 saturated carbocycles. The molecule has 0 radical (unpaired) electrons. The summed E-state index contributed by atoms with van der Waals surface area (Å²) >= 11 is 5.76. The van der Waals surface area contributed by atoms with Crippen molar-refractivity contribution in [3.63, 3.8) is 0 Å². The topological polar surface area (TPSA) is 148 Å². The van der Waals surface area contributed by atoms with Crippen LogP contribution in [0.25, 0.3) is 0 Å². The van der Waals surface area contributed by atoms with Gasteiger partial charge in [0.25, 0.3) is 11.5 Å². The van der Waals surface area contributed by atoms with Gasteiger partial charge in [-0.2, -0.15) is 0 Å². The van der Waals surface area contributed by atoms with E-state index < -0.39 is 29.7 Å². The maximum atomic E-state index is 13.0. The smallest absolute Gasteiger partial charge is 0.342 e. The zero-order valence-electron chi connectivity index (χ0n) is 18.7. The molecule has 11 heteroatoms. The van der Waals surface area contributed by atoms with Crippen LogP contribution < -0.4 is 21.9 Å². The fraction of sp³-hybridized carbons (Fsp3) is 0.455. The first kappa shape index (κ1) is 26.0. The van der Waals surface area contributed by atoms with E-state index in [1.165, 1.54) is 22.8 Å². The van der Waals surface area contributed by atoms with E-state index >= 15 is 0 Å². The van der Waals surface area contributed by atoms with Crippen LogP contribution in [0.3, 0.4) is 0 Å². The van der Waals surface area contributed by atoms with Gasteiger partial charge in [0.1, 0.15) is 17.1 Å². The number of benzene rings is 1. The van der Waals surface area contributed by atoms with Crippen molar-refractivity contribution >= 4 is 35.0 Å². The second kappa shape index (κ2) is 12.1. The number of nitrogens with one attached hydrogen (secondary N) is 1. The van der Waals surface area contributed by atoms with Gasteiger partial charge in [0.05, 0.1) is 0 Å². The Bertz CT molecular complexity index is 1110. The Morgan fingerprint density at radius 2 is 1.88 bits per heavy atom. The number of ether oxygens (including phenoxy) is 1. The number of nitrogens with zero attached hydrogens (tertiary/aromatic N) is 2. The van der Waals surface area contributed by atoms with Crippen LogP contribution in [-0.4, -0.2) is 39.7 Å². The quantitative estimate of drug-likeness (QED) is 0.330. The number of amides is 1. The lowest BCUT2D eigenvalue weighted by molar-refractivity contribution is -0.121. The van der Waals surface area contributed by atoms with Gasteiger partial charge in [-0.25, -0.2) is 9.59 Å². The Balaban J connectivity index is 2.32. The number of unbranched alkanes of at least 4 members (excludes halogenated alkanes) is 3. The molecule has 1 aromatic heterocycles. The van der Waals surface area contributed by atoms with Crippen LogP contribution in [-0.2, 0) is 16.1 Å². The highest BCUT2D eigenvalue weighted by atomic mass is 35.5. The second-order valence-electron chi connectivity index (χ2n) is 7.49. The van der Waals surface area contributed by atoms with Gasteiger partial charge >= 0.3 is 11.7 Å². The number of aromatic amines is 1. The number of aromatic hydroxyl groups is 1. The maximum absolute atomic E-state index is 13.0. The first-order valence-electron chi connectivity index (χ1n) is 10.8. The lowest BCUT2D eigenvalue weighted by Gasteiger charge is -2.24. The monoisotopic (exact) mass is 480 g/mol. The van der Waals surface area contributed by atoms with Gasteiger partial charge in [0.15, 0.2) is 12.3 Å². The lowest BCUT2D eigenvalue weighted by atomic mass is 10.2. The summed E-state index contributed by atoms with van der Waals surface area (Å²) in [5.74, 6) is -2.13. The number of esters is 1. The molecule has 2 rings (SSSR count). The summed E-state index contributed by atoms with van der Waals surface area (Å²) in [6.45, 7) is 3.67. The average molecular weight is 481 g/mol. The van der Waals surface area contributed by atoms with Crippen LogP contribution in [0, 0.1) is 0 Å². The zero-order valence-corrected chi connectivity index (χ0v) is 19.5. The predicted molar refractivity (Wildman–Crippen MR) is 126 cm³/mol. The number of nitrogen functional groups attached to an aromatic ring is 1. The van der Waals surface area contributed by atoms with Crippen LogP contribution in [0.2, 0.25) is 5.02 Å². The number of carbonyl (C=O) groups excluding carboxylic acids is 2. The van der Waals surface area contributed by atoms with E-state index in [9.17, 15) is 24.3 Å². The van der Waals surface area contributed by atoms with E-state index in [0.717, 1.165) is 24.2 Å². The van der Waals surface area contributed by atoms with Crippen LogP contribution in [0.1, 0.15) is 56.3 Å². The van der Waals surface area contributed by atoms with Gasteiger partial charge < -0.3 is 20.5 Å². The molecule has 4 N–H and O–H groups in total. The van der Waals surface area contributed by atoms with Gasteiger partial charge in [-0.1, -0.05) is 44.7 Å². The number of aromatic nitrogens is 2. The van der Waals surface area contributed by atoms with Crippen molar-refractivity contribution in [2.45, 2.75) is 52.5 Å². The molecule has 0 fully saturated rings. The van der Waals surface area contributed by atoms with Gasteiger partial charge in [-0.15, -0.1) is 0 Å². The predicted octanol–water partition coefficient (Wildman–Crippen LogP) is 2.66. The summed E-state index contributed by atoms with van der Waals surface area (Å²) in [5, 5.41) is 10.1. The Morgan fingerprint density at radius 1 is 1.18 bits per heavy atom. The van der Waals surface area contributed by atoms with Crippen LogP contribution in [0.4, 0.5) is 11.5 Å². The van der Waals surface area contributed by atoms with Gasteiger partial charge in [0.2, 0.25) is 0 Å². The van der Waals surface area contributed by atoms with E-state index in [1.54, 1.807) is 0 Å². The number of rotatable bonds is 11. The molecule has 0 aliphatic carbocycles. The molecule has 1 heterocycles. The Kier molecular flexibility index (Phi) is 9.53. The lowest BCUT2D eigenvalue weighted by Crippen LogP contribution is -2.43. The number of carbonyl (C=O) groups is 2. The van der Waals surface area contributed by atoms with Crippen molar-refractivity contribution in [2.75, 3.05) is 23.8 Å². The molecule has 2 aromatic rings. The van der Waals surface area contributed by atoms with Crippen molar-refractivity contribution in [3.05, 3.63) is 49.6 Å². The first-order chi connectivity index (χ1) is 15.7. The molecule has 0 spiro atoms. The van der Waals surface area contributed by atoms with Crippen molar-refractivity contribution in [2.24, 2.45) is 0 Å². The number of nitrogens with two attached hydrogens (primary N) is 1. The summed E-state index contributed by atoms with van der Waals surface area (Å²) < 4.78 is 6.28. The normalized spacial score (nSPS) is 10.8. The van der Waals surface area contributed by atoms with E-state index in [1.807, 2.05) is 13.8 Å². The van der Waals surface area contributed by atoms with E-state index in [2.05, 4.69) is 4.98 Å². The number of phenols is 1. The van der Waals surface area contributed by atoms with Gasteiger partial charge in [0, 0.05) is 18.1 Å². The molecule has 180 valence electrons. The van der Waals surface area contributed by atoms with Crippen molar-refractivity contribution in [1.29, 1.82) is 0 Å². The van der Waals surface area contributed by atoms with E-state index in [0.29, 0.717) is 12.8 Å². The highest BCUT2D eigenvalue weighted by molar-refractivity contribution is 6.30. The Morgan fingerprint density at radius 3 is 2.52 bits per heavy atom. The molecular formula is C22H29ClN4O6. The summed E-state index contributed by atoms with van der Waals surface area (Å²) in [6.07, 6.45) is 3.68. The third-order valence-corrected chi connectivity index (χ3v) is 5.25. The van der Waals surface area contributed by atoms with Gasteiger partial charge in [-0.3, -0.25) is 19.1 Å². The molecule has 1 aromatic carbocycles. The minimum absolute atomic E-state index is 0.122. The summed E-state index contributed by atoms with van der Waals surface area (Å²) in [7, 11) is 0. The molecule has 0 atom stereocenters. The SMILES string of the molecule is CCCCCN(C(=O)COC(=O)c1ccc(Cl)cc1O)c1c(N)n(CCCC)c(=O)[nH]c1=O. The number of halogens is 1. The number of hydrogen-bond donors (Lipinski definition) is 3. The van der Waals surface area contributed by atoms with Crippen molar-refractivity contribution in [3.8, 4) is 5.75 Å². The van der Waals surface area contributed by atoms with Gasteiger partial charge in [-0.05, 0) is 31.0 Å². The summed E-state index contributed by atoms with van der Waals surface area (Å²) in [4.78, 5) is 53.5. The number of H-pyrrole nitrogens is 1. The third-order valence-electron chi connectivity index (χ3n) is 5.01. The highest BCUT2D eigenvalue weighted by Gasteiger charge is 2.25. The minimum atomic E-state index is -0.930. The molecule has 10 nitrogen and oxygen atoms in total. The van der Waals surface area contributed by atoms with Crippen molar-refractivity contribution < 1.29 is 19.4 Å².